The van der Waals surface area contributed by atoms with E-state index in [2.05, 4.69) is 29.6 Å². The van der Waals surface area contributed by atoms with E-state index >= 15 is 0 Å². The maximum absolute atomic E-state index is 12.7. The van der Waals surface area contributed by atoms with Gasteiger partial charge in [-0.2, -0.15) is 0 Å². The molecule has 1 saturated carbocycles. The van der Waals surface area contributed by atoms with E-state index in [0.29, 0.717) is 36.3 Å². The molecule has 4 rings (SSSR count). The first-order chi connectivity index (χ1) is 12.4. The van der Waals surface area contributed by atoms with Crippen LogP contribution in [0.5, 0.6) is 0 Å². The highest BCUT2D eigenvalue weighted by atomic mass is 32.2. The molecule has 3 unspecified atom stereocenters. The molecule has 0 aromatic heterocycles. The number of nitrogens with one attached hydrogen (secondary N) is 1. The van der Waals surface area contributed by atoms with E-state index in [1.807, 2.05) is 6.92 Å². The Morgan fingerprint density at radius 3 is 2.69 bits per heavy atom. The number of hydrogen-bond donors (Lipinski definition) is 1. The Hall–Kier alpha value is -2.14. The molecule has 0 aliphatic heterocycles. The molecule has 5 heteroatoms. The highest BCUT2D eigenvalue weighted by Gasteiger charge is 2.55. The molecule has 26 heavy (non-hydrogen) atoms. The van der Waals surface area contributed by atoms with Crippen LogP contribution in [0.25, 0.3) is 0 Å². The van der Waals surface area contributed by atoms with Gasteiger partial charge in [0.2, 0.25) is 0 Å². The molecule has 0 radical (unpaired) electrons. The van der Waals surface area contributed by atoms with Gasteiger partial charge in [0, 0.05) is 18.4 Å². The number of carbonyl (C=O) groups excluding carboxylic acids is 1. The number of sulfone groups is 1. The van der Waals surface area contributed by atoms with Crippen LogP contribution in [0.1, 0.15) is 39.9 Å². The molecule has 2 aromatic rings. The van der Waals surface area contributed by atoms with Gasteiger partial charge >= 0.3 is 0 Å². The zero-order chi connectivity index (χ0) is 18.5. The Kier molecular flexibility index (Phi) is 4.14. The fourth-order valence-electron chi connectivity index (χ4n) is 4.37. The van der Waals surface area contributed by atoms with Crippen LogP contribution in [-0.2, 0) is 22.7 Å². The second-order valence-electron chi connectivity index (χ2n) is 7.41. The van der Waals surface area contributed by atoms with Crippen molar-refractivity contribution < 1.29 is 13.2 Å². The van der Waals surface area contributed by atoms with Gasteiger partial charge in [-0.25, -0.2) is 8.42 Å². The maximum Gasteiger partial charge on any atom is 0.251 e. The number of rotatable bonds is 5. The number of carbonyl (C=O) groups is 1. The van der Waals surface area contributed by atoms with E-state index in [0.717, 1.165) is 12.0 Å². The number of benzene rings is 2. The summed E-state index contributed by atoms with van der Waals surface area (Å²) in [6, 6.07) is 13.4. The van der Waals surface area contributed by atoms with E-state index in [4.69, 9.17) is 0 Å². The molecule has 2 aromatic carbocycles. The van der Waals surface area contributed by atoms with Crippen molar-refractivity contribution in [1.29, 1.82) is 0 Å². The van der Waals surface area contributed by atoms with Crippen LogP contribution in [0, 0.1) is 11.8 Å². The minimum Gasteiger partial charge on any atom is -0.352 e. The number of amides is 1. The average Bonchev–Trinajstić information content (AvgIpc) is 3.16. The van der Waals surface area contributed by atoms with Crippen molar-refractivity contribution in [2.45, 2.75) is 30.6 Å². The first-order valence-corrected chi connectivity index (χ1v) is 11.0. The van der Waals surface area contributed by atoms with Gasteiger partial charge in [-0.3, -0.25) is 4.79 Å². The summed E-state index contributed by atoms with van der Waals surface area (Å²) < 4.78 is 23.6. The molecule has 2 aliphatic carbocycles. The minimum atomic E-state index is -3.33. The standard InChI is InChI=1S/C21H23NO3S/c1-3-13-8-9-15(26(2,24)25)11-17(13)21(23)22-12-19-18-10-14-6-4-5-7-16(14)20(18)19/h4-9,11,18-20H,3,10,12H2,1-2H3,(H,22,23). The van der Waals surface area contributed by atoms with E-state index in [-0.39, 0.29) is 10.8 Å². The molecule has 1 fully saturated rings. The fraction of sp³-hybridized carbons (Fsp3) is 0.381. The fourth-order valence-corrected chi connectivity index (χ4v) is 5.02. The SMILES string of the molecule is CCc1ccc(S(C)(=O)=O)cc1C(=O)NCC1C2Cc3ccccc3C12. The number of hydrogen-bond acceptors (Lipinski definition) is 3. The molecule has 0 saturated heterocycles. The molecular weight excluding hydrogens is 346 g/mol. The third kappa shape index (κ3) is 2.94. The topological polar surface area (TPSA) is 63.2 Å². The van der Waals surface area contributed by atoms with Gasteiger partial charge in [-0.05, 0) is 59.4 Å². The van der Waals surface area contributed by atoms with Crippen molar-refractivity contribution >= 4 is 15.7 Å². The van der Waals surface area contributed by atoms with Gasteiger partial charge in [-0.15, -0.1) is 0 Å². The van der Waals surface area contributed by atoms with Gasteiger partial charge in [0.25, 0.3) is 5.91 Å². The normalized spacial score (nSPS) is 23.2. The lowest BCUT2D eigenvalue weighted by Gasteiger charge is -2.12. The highest BCUT2D eigenvalue weighted by molar-refractivity contribution is 7.90. The summed E-state index contributed by atoms with van der Waals surface area (Å²) in [4.78, 5) is 12.9. The van der Waals surface area contributed by atoms with Gasteiger partial charge in [0.1, 0.15) is 0 Å². The lowest BCUT2D eigenvalue weighted by atomic mass is 10.0. The lowest BCUT2D eigenvalue weighted by molar-refractivity contribution is 0.0950. The summed E-state index contributed by atoms with van der Waals surface area (Å²) in [7, 11) is -3.33. The molecule has 136 valence electrons. The third-order valence-corrected chi connectivity index (χ3v) is 6.94. The van der Waals surface area contributed by atoms with Crippen LogP contribution in [-0.4, -0.2) is 27.1 Å². The molecule has 0 bridgehead atoms. The van der Waals surface area contributed by atoms with Crippen molar-refractivity contribution in [3.63, 3.8) is 0 Å². The molecule has 1 N–H and O–H groups in total. The van der Waals surface area contributed by atoms with Crippen LogP contribution >= 0.6 is 0 Å². The Balaban J connectivity index is 1.47. The van der Waals surface area contributed by atoms with Crippen molar-refractivity contribution in [3.05, 3.63) is 64.7 Å². The van der Waals surface area contributed by atoms with Crippen LogP contribution < -0.4 is 5.32 Å². The Morgan fingerprint density at radius 2 is 1.96 bits per heavy atom. The predicted octanol–water partition coefficient (Wildman–Crippen LogP) is 2.97. The monoisotopic (exact) mass is 369 g/mol. The minimum absolute atomic E-state index is 0.175. The quantitative estimate of drug-likeness (QED) is 0.881. The highest BCUT2D eigenvalue weighted by Crippen LogP contribution is 2.60. The summed E-state index contributed by atoms with van der Waals surface area (Å²) in [6.45, 7) is 2.61. The zero-order valence-electron chi connectivity index (χ0n) is 15.0. The Labute approximate surface area is 154 Å². The van der Waals surface area contributed by atoms with Crippen LogP contribution in [0.3, 0.4) is 0 Å². The second kappa shape index (κ2) is 6.23. The first-order valence-electron chi connectivity index (χ1n) is 9.09. The maximum atomic E-state index is 12.7. The van der Waals surface area contributed by atoms with Crippen molar-refractivity contribution in [3.8, 4) is 0 Å². The molecule has 1 amide bonds. The molecule has 3 atom stereocenters. The van der Waals surface area contributed by atoms with Crippen LogP contribution in [0.4, 0.5) is 0 Å². The predicted molar refractivity (Wildman–Crippen MR) is 101 cm³/mol. The molecule has 0 spiro atoms. The third-order valence-electron chi connectivity index (χ3n) is 5.83. The second-order valence-corrected chi connectivity index (χ2v) is 9.43. The first kappa shape index (κ1) is 17.3. The van der Waals surface area contributed by atoms with Crippen LogP contribution in [0.2, 0.25) is 0 Å². The molecule has 4 nitrogen and oxygen atoms in total. The summed E-state index contributed by atoms with van der Waals surface area (Å²) in [6.07, 6.45) is 2.96. The summed E-state index contributed by atoms with van der Waals surface area (Å²) in [5.41, 5.74) is 4.22. The molecular formula is C21H23NO3S. The summed E-state index contributed by atoms with van der Waals surface area (Å²) in [5, 5.41) is 3.04. The zero-order valence-corrected chi connectivity index (χ0v) is 15.8. The number of fused-ring (bicyclic) bond motifs is 3. The number of aryl methyl sites for hydroxylation is 1. The van der Waals surface area contributed by atoms with Gasteiger partial charge in [0.05, 0.1) is 4.90 Å². The van der Waals surface area contributed by atoms with Crippen molar-refractivity contribution in [2.24, 2.45) is 11.8 Å². The largest absolute Gasteiger partial charge is 0.352 e. The van der Waals surface area contributed by atoms with E-state index < -0.39 is 9.84 Å². The van der Waals surface area contributed by atoms with Crippen molar-refractivity contribution in [2.75, 3.05) is 12.8 Å². The van der Waals surface area contributed by atoms with Crippen LogP contribution in [0.15, 0.2) is 47.4 Å². The van der Waals surface area contributed by atoms with Gasteiger partial charge in [0.15, 0.2) is 9.84 Å². The Bertz CT molecular complexity index is 981. The summed E-state index contributed by atoms with van der Waals surface area (Å²) >= 11 is 0. The lowest BCUT2D eigenvalue weighted by Crippen LogP contribution is -2.28. The average molecular weight is 369 g/mol. The molecule has 0 heterocycles. The van der Waals surface area contributed by atoms with E-state index in [1.54, 1.807) is 12.1 Å². The van der Waals surface area contributed by atoms with Crippen molar-refractivity contribution in [1.82, 2.24) is 5.32 Å². The van der Waals surface area contributed by atoms with E-state index in [9.17, 15) is 13.2 Å². The smallest absolute Gasteiger partial charge is 0.251 e. The summed E-state index contributed by atoms with van der Waals surface area (Å²) in [5.74, 6) is 1.53. The van der Waals surface area contributed by atoms with E-state index in [1.165, 1.54) is 23.4 Å². The molecule has 2 aliphatic rings. The van der Waals surface area contributed by atoms with Gasteiger partial charge < -0.3 is 5.32 Å². The van der Waals surface area contributed by atoms with Gasteiger partial charge in [-0.1, -0.05) is 37.3 Å². The Morgan fingerprint density at radius 1 is 1.19 bits per heavy atom.